The van der Waals surface area contributed by atoms with Gasteiger partial charge >= 0.3 is 0 Å². The van der Waals surface area contributed by atoms with Crippen LogP contribution in [0.4, 0.5) is 0 Å². The van der Waals surface area contributed by atoms with E-state index in [0.717, 1.165) is 0 Å². The Balaban J connectivity index is 1.73. The number of hydrogen-bond acceptors (Lipinski definition) is 5. The van der Waals surface area contributed by atoms with E-state index in [1.165, 1.54) is 10.9 Å². The van der Waals surface area contributed by atoms with Gasteiger partial charge in [-0.2, -0.15) is 5.10 Å². The van der Waals surface area contributed by atoms with E-state index >= 15 is 0 Å². The lowest BCUT2D eigenvalue weighted by molar-refractivity contribution is -0.129. The molecule has 1 fully saturated rings. The van der Waals surface area contributed by atoms with Gasteiger partial charge in [0.25, 0.3) is 0 Å². The van der Waals surface area contributed by atoms with Crippen LogP contribution in [0.5, 0.6) is 0 Å². The number of rotatable bonds is 6. The summed E-state index contributed by atoms with van der Waals surface area (Å²) >= 11 is 0. The Morgan fingerprint density at radius 2 is 2.12 bits per heavy atom. The van der Waals surface area contributed by atoms with Gasteiger partial charge in [0.05, 0.1) is 24.2 Å². The lowest BCUT2D eigenvalue weighted by atomic mass is 9.98. The van der Waals surface area contributed by atoms with E-state index in [0.29, 0.717) is 17.9 Å². The van der Waals surface area contributed by atoms with Crippen molar-refractivity contribution >= 4 is 17.6 Å². The quantitative estimate of drug-likeness (QED) is 0.736. The van der Waals surface area contributed by atoms with Crippen LogP contribution < -0.4 is 5.32 Å². The summed E-state index contributed by atoms with van der Waals surface area (Å²) in [7, 11) is 3.55. The van der Waals surface area contributed by atoms with Crippen molar-refractivity contribution in [3.8, 4) is 0 Å². The highest BCUT2D eigenvalue weighted by molar-refractivity contribution is 5.99. The van der Waals surface area contributed by atoms with E-state index in [1.807, 2.05) is 18.5 Å². The SMILES string of the molecule is CCN1C(=O)C[C@H](C(=O)NCC(=O)c2cnn(C)c2)[C@H]1c1nccn1C. The van der Waals surface area contributed by atoms with Crippen LogP contribution in [0.15, 0.2) is 24.8 Å². The zero-order valence-corrected chi connectivity index (χ0v) is 15.0. The molecule has 2 aromatic rings. The minimum Gasteiger partial charge on any atom is -0.348 e. The first-order chi connectivity index (χ1) is 12.4. The van der Waals surface area contributed by atoms with E-state index in [2.05, 4.69) is 15.4 Å². The molecule has 9 heteroatoms. The zero-order chi connectivity index (χ0) is 18.8. The molecular weight excluding hydrogens is 336 g/mol. The molecule has 0 aromatic carbocycles. The highest BCUT2D eigenvalue weighted by Gasteiger charge is 2.45. The van der Waals surface area contributed by atoms with Gasteiger partial charge in [-0.05, 0) is 6.92 Å². The monoisotopic (exact) mass is 358 g/mol. The summed E-state index contributed by atoms with van der Waals surface area (Å²) in [4.78, 5) is 43.2. The van der Waals surface area contributed by atoms with Gasteiger partial charge in [0.2, 0.25) is 11.8 Å². The predicted molar refractivity (Wildman–Crippen MR) is 92.0 cm³/mol. The second kappa shape index (κ2) is 7.11. The molecule has 1 aliphatic heterocycles. The lowest BCUT2D eigenvalue weighted by Crippen LogP contribution is -2.38. The van der Waals surface area contributed by atoms with Crippen LogP contribution >= 0.6 is 0 Å². The highest BCUT2D eigenvalue weighted by Crippen LogP contribution is 2.37. The number of ketones is 1. The summed E-state index contributed by atoms with van der Waals surface area (Å²) in [6, 6.07) is -0.430. The topological polar surface area (TPSA) is 102 Å². The van der Waals surface area contributed by atoms with Gasteiger partial charge in [0, 0.05) is 45.7 Å². The fraction of sp³-hybridized carbons (Fsp3) is 0.471. The molecule has 1 aliphatic rings. The summed E-state index contributed by atoms with van der Waals surface area (Å²) in [6.07, 6.45) is 6.60. The number of carbonyl (C=O) groups excluding carboxylic acids is 3. The first-order valence-corrected chi connectivity index (χ1v) is 8.48. The maximum Gasteiger partial charge on any atom is 0.226 e. The molecule has 2 atom stereocenters. The minimum atomic E-state index is -0.578. The molecule has 0 radical (unpaired) electrons. The van der Waals surface area contributed by atoms with Crippen molar-refractivity contribution in [2.75, 3.05) is 13.1 Å². The van der Waals surface area contributed by atoms with Crippen molar-refractivity contribution in [2.24, 2.45) is 20.0 Å². The predicted octanol–water partition coefficient (Wildman–Crippen LogP) is 0.0622. The first-order valence-electron chi connectivity index (χ1n) is 8.48. The smallest absolute Gasteiger partial charge is 0.226 e. The Hall–Kier alpha value is -2.97. The zero-order valence-electron chi connectivity index (χ0n) is 15.0. The van der Waals surface area contributed by atoms with E-state index in [-0.39, 0.29) is 30.6 Å². The summed E-state index contributed by atoms with van der Waals surface area (Å²) in [5.74, 6) is -0.544. The van der Waals surface area contributed by atoms with Gasteiger partial charge < -0.3 is 14.8 Å². The third-order valence-electron chi connectivity index (χ3n) is 4.68. The number of imidazole rings is 1. The molecule has 26 heavy (non-hydrogen) atoms. The molecule has 0 bridgehead atoms. The second-order valence-electron chi connectivity index (χ2n) is 6.38. The van der Waals surface area contributed by atoms with Crippen molar-refractivity contribution in [3.63, 3.8) is 0 Å². The summed E-state index contributed by atoms with van der Waals surface area (Å²) < 4.78 is 3.34. The van der Waals surface area contributed by atoms with Crippen LogP contribution in [-0.2, 0) is 23.7 Å². The Morgan fingerprint density at radius 1 is 1.35 bits per heavy atom. The number of aromatic nitrogens is 4. The molecule has 1 saturated heterocycles. The van der Waals surface area contributed by atoms with Gasteiger partial charge in [-0.1, -0.05) is 0 Å². The number of aryl methyl sites for hydroxylation is 2. The largest absolute Gasteiger partial charge is 0.348 e. The molecule has 0 spiro atoms. The summed E-state index contributed by atoms with van der Waals surface area (Å²) in [5, 5.41) is 6.62. The molecule has 0 saturated carbocycles. The minimum absolute atomic E-state index is 0.0840. The molecule has 138 valence electrons. The second-order valence-corrected chi connectivity index (χ2v) is 6.38. The third kappa shape index (κ3) is 3.24. The summed E-state index contributed by atoms with van der Waals surface area (Å²) in [6.45, 7) is 2.24. The number of carbonyl (C=O) groups is 3. The van der Waals surface area contributed by atoms with Gasteiger partial charge in [-0.25, -0.2) is 4.98 Å². The molecular formula is C17H22N6O3. The van der Waals surface area contributed by atoms with Crippen LogP contribution in [0.2, 0.25) is 0 Å². The molecule has 0 unspecified atom stereocenters. The number of nitrogens with one attached hydrogen (secondary N) is 1. The number of hydrogen-bond donors (Lipinski definition) is 1. The van der Waals surface area contributed by atoms with Crippen molar-refractivity contribution in [1.82, 2.24) is 29.5 Å². The molecule has 2 aromatic heterocycles. The van der Waals surface area contributed by atoms with Crippen LogP contribution in [0.25, 0.3) is 0 Å². The fourth-order valence-electron chi connectivity index (χ4n) is 3.35. The molecule has 0 aliphatic carbocycles. The number of Topliss-reactive ketones (excluding diaryl/α,β-unsaturated/α-hetero) is 1. The molecule has 2 amide bonds. The van der Waals surface area contributed by atoms with Crippen LogP contribution in [-0.4, -0.2) is 54.9 Å². The molecule has 9 nitrogen and oxygen atoms in total. The highest BCUT2D eigenvalue weighted by atomic mass is 16.2. The fourth-order valence-corrected chi connectivity index (χ4v) is 3.35. The number of nitrogens with zero attached hydrogens (tertiary/aromatic N) is 5. The molecule has 3 rings (SSSR count). The van der Waals surface area contributed by atoms with Gasteiger partial charge in [-0.3, -0.25) is 19.1 Å². The van der Waals surface area contributed by atoms with Crippen LogP contribution in [0.3, 0.4) is 0 Å². The summed E-state index contributed by atoms with van der Waals surface area (Å²) in [5.41, 5.74) is 0.436. The van der Waals surface area contributed by atoms with Gasteiger partial charge in [-0.15, -0.1) is 0 Å². The van der Waals surface area contributed by atoms with Crippen molar-refractivity contribution < 1.29 is 14.4 Å². The van der Waals surface area contributed by atoms with E-state index in [1.54, 1.807) is 30.5 Å². The normalized spacial score (nSPS) is 19.8. The van der Waals surface area contributed by atoms with Crippen LogP contribution in [0.1, 0.15) is 35.6 Å². The standard InChI is InChI=1S/C17H22N6O3/c1-4-23-14(25)7-12(15(23)16-18-5-6-21(16)2)17(26)19-9-13(24)11-8-20-22(3)10-11/h5-6,8,10,12,15H,4,7,9H2,1-3H3,(H,19,26)/t12-,15-/m0/s1. The van der Waals surface area contributed by atoms with Gasteiger partial charge in [0.1, 0.15) is 11.9 Å². The van der Waals surface area contributed by atoms with Crippen molar-refractivity contribution in [1.29, 1.82) is 0 Å². The average Bonchev–Trinajstić information content (AvgIpc) is 3.30. The van der Waals surface area contributed by atoms with Crippen molar-refractivity contribution in [2.45, 2.75) is 19.4 Å². The van der Waals surface area contributed by atoms with Crippen LogP contribution in [0, 0.1) is 5.92 Å². The molecule has 1 N–H and O–H groups in total. The van der Waals surface area contributed by atoms with E-state index < -0.39 is 12.0 Å². The number of amides is 2. The van der Waals surface area contributed by atoms with Gasteiger partial charge in [0.15, 0.2) is 5.78 Å². The maximum absolute atomic E-state index is 12.7. The van der Waals surface area contributed by atoms with E-state index in [9.17, 15) is 14.4 Å². The Labute approximate surface area is 151 Å². The Bertz CT molecular complexity index is 839. The average molecular weight is 358 g/mol. The molecule has 3 heterocycles. The van der Waals surface area contributed by atoms with Crippen molar-refractivity contribution in [3.05, 3.63) is 36.2 Å². The third-order valence-corrected chi connectivity index (χ3v) is 4.68. The lowest BCUT2D eigenvalue weighted by Gasteiger charge is -2.26. The first kappa shape index (κ1) is 17.8. The maximum atomic E-state index is 12.7. The number of likely N-dealkylation sites (tertiary alicyclic amines) is 1. The Kier molecular flexibility index (Phi) is 4.88. The Morgan fingerprint density at radius 3 is 2.69 bits per heavy atom. The van der Waals surface area contributed by atoms with E-state index in [4.69, 9.17) is 0 Å².